The predicted octanol–water partition coefficient (Wildman–Crippen LogP) is 2.80. The zero-order valence-corrected chi connectivity index (χ0v) is 20.4. The monoisotopic (exact) mass is 529 g/mol. The average molecular weight is 529 g/mol. The van der Waals surface area contributed by atoms with E-state index in [1.165, 1.54) is 0 Å². The van der Waals surface area contributed by atoms with Gasteiger partial charge in [0, 0.05) is 31.9 Å². The first-order chi connectivity index (χ1) is 13.9. The van der Waals surface area contributed by atoms with E-state index in [1.807, 2.05) is 61.4 Å². The number of guanidine groups is 1. The van der Waals surface area contributed by atoms with Crippen LogP contribution in [-0.2, 0) is 11.3 Å². The molecule has 0 spiro atoms. The number of hydrogen-bond donors (Lipinski definition) is 2. The third-order valence-corrected chi connectivity index (χ3v) is 4.37. The highest BCUT2D eigenvalue weighted by atomic mass is 127. The lowest BCUT2D eigenvalue weighted by atomic mass is 10.2. The third kappa shape index (κ3) is 6.99. The van der Waals surface area contributed by atoms with Crippen molar-refractivity contribution in [2.75, 3.05) is 19.6 Å². The number of halogens is 1. The number of carbonyl (C=O) groups excluding carboxylic acids is 1. The summed E-state index contributed by atoms with van der Waals surface area (Å²) in [4.78, 5) is 18.9. The number of amides is 1. The van der Waals surface area contributed by atoms with Crippen molar-refractivity contribution in [2.45, 2.75) is 58.7 Å². The van der Waals surface area contributed by atoms with Gasteiger partial charge in [0.05, 0.1) is 0 Å². The number of carbonyl (C=O) groups is 1. The largest absolute Gasteiger partial charge is 0.444 e. The maximum atomic E-state index is 12.5. The first-order valence-electron chi connectivity index (χ1n) is 10.2. The Hall–Kier alpha value is -2.11. The molecule has 2 aromatic heterocycles. The molecule has 2 aromatic rings. The molecule has 1 saturated carbocycles. The van der Waals surface area contributed by atoms with Crippen molar-refractivity contribution >= 4 is 41.7 Å². The van der Waals surface area contributed by atoms with E-state index in [9.17, 15) is 4.79 Å². The highest BCUT2D eigenvalue weighted by Crippen LogP contribution is 2.28. The van der Waals surface area contributed by atoms with Crippen molar-refractivity contribution in [3.05, 3.63) is 30.2 Å². The first kappa shape index (κ1) is 24.2. The second-order valence-corrected chi connectivity index (χ2v) is 8.07. The molecule has 166 valence electrons. The highest BCUT2D eigenvalue weighted by molar-refractivity contribution is 14.0. The molecule has 10 heteroatoms. The fourth-order valence-corrected chi connectivity index (χ4v) is 2.91. The fraction of sp³-hybridized carbons (Fsp3) is 0.600. The minimum atomic E-state index is -0.491. The SMILES string of the molecule is CCNC(=NCc1nnc2ccccn12)NCCN(C(=O)OC(C)(C)C)C1CC1.I. The normalized spacial score (nSPS) is 14.2. The van der Waals surface area contributed by atoms with Crippen molar-refractivity contribution in [2.24, 2.45) is 4.99 Å². The third-order valence-electron chi connectivity index (χ3n) is 4.37. The van der Waals surface area contributed by atoms with Crippen LogP contribution in [0.1, 0.15) is 46.4 Å². The van der Waals surface area contributed by atoms with E-state index in [-0.39, 0.29) is 36.1 Å². The molecule has 1 fully saturated rings. The zero-order valence-electron chi connectivity index (χ0n) is 18.1. The Morgan fingerprint density at radius 2 is 2.07 bits per heavy atom. The van der Waals surface area contributed by atoms with Crippen LogP contribution in [0.5, 0.6) is 0 Å². The molecule has 1 aliphatic carbocycles. The molecule has 0 unspecified atom stereocenters. The maximum absolute atomic E-state index is 12.5. The summed E-state index contributed by atoms with van der Waals surface area (Å²) in [5, 5.41) is 14.9. The standard InChI is InChI=1S/C20H31N7O2.HI/c1-5-21-18(23-14-17-25-24-16-8-6-7-12-27(16)17)22-11-13-26(15-9-10-15)19(28)29-20(2,3)4;/h6-8,12,15H,5,9-11,13-14H2,1-4H3,(H2,21,22,23);1H. The van der Waals surface area contributed by atoms with Gasteiger partial charge in [0.1, 0.15) is 12.1 Å². The Kier molecular flexibility index (Phi) is 8.68. The van der Waals surface area contributed by atoms with Crippen molar-refractivity contribution in [3.8, 4) is 0 Å². The van der Waals surface area contributed by atoms with Gasteiger partial charge in [0.25, 0.3) is 0 Å². The van der Waals surface area contributed by atoms with Crippen LogP contribution >= 0.6 is 24.0 Å². The van der Waals surface area contributed by atoms with E-state index in [1.54, 1.807) is 0 Å². The van der Waals surface area contributed by atoms with E-state index in [0.29, 0.717) is 25.6 Å². The van der Waals surface area contributed by atoms with Crippen LogP contribution in [0.25, 0.3) is 5.65 Å². The summed E-state index contributed by atoms with van der Waals surface area (Å²) in [5.41, 5.74) is 0.308. The van der Waals surface area contributed by atoms with Crippen molar-refractivity contribution in [1.29, 1.82) is 0 Å². The molecule has 0 aliphatic heterocycles. The minimum Gasteiger partial charge on any atom is -0.444 e. The van der Waals surface area contributed by atoms with Crippen molar-refractivity contribution < 1.29 is 9.53 Å². The van der Waals surface area contributed by atoms with Gasteiger partial charge in [-0.1, -0.05) is 6.07 Å². The molecule has 0 atom stereocenters. The van der Waals surface area contributed by atoms with Crippen LogP contribution in [0, 0.1) is 0 Å². The van der Waals surface area contributed by atoms with E-state index in [0.717, 1.165) is 30.9 Å². The van der Waals surface area contributed by atoms with Crippen LogP contribution in [0.2, 0.25) is 0 Å². The Balaban J connectivity index is 0.00000320. The first-order valence-corrected chi connectivity index (χ1v) is 10.2. The molecule has 1 aliphatic rings. The van der Waals surface area contributed by atoms with Gasteiger partial charge in [-0.05, 0) is 52.7 Å². The lowest BCUT2D eigenvalue weighted by Gasteiger charge is -2.27. The Morgan fingerprint density at radius 3 is 2.73 bits per heavy atom. The summed E-state index contributed by atoms with van der Waals surface area (Å²) >= 11 is 0. The lowest BCUT2D eigenvalue weighted by molar-refractivity contribution is 0.0238. The van der Waals surface area contributed by atoms with Gasteiger partial charge in [-0.15, -0.1) is 34.2 Å². The van der Waals surface area contributed by atoms with Gasteiger partial charge in [0.15, 0.2) is 17.4 Å². The Bertz CT molecular complexity index is 858. The van der Waals surface area contributed by atoms with Crippen LogP contribution in [0.4, 0.5) is 4.79 Å². The molecule has 0 bridgehead atoms. The molecular weight excluding hydrogens is 497 g/mol. The number of nitrogens with one attached hydrogen (secondary N) is 2. The number of nitrogens with zero attached hydrogens (tertiary/aromatic N) is 5. The summed E-state index contributed by atoms with van der Waals surface area (Å²) in [6.45, 7) is 9.97. The van der Waals surface area contributed by atoms with Crippen LogP contribution in [0.3, 0.4) is 0 Å². The molecule has 2 heterocycles. The number of aromatic nitrogens is 3. The molecule has 2 N–H and O–H groups in total. The molecule has 0 saturated heterocycles. The molecule has 1 amide bonds. The molecular formula is C20H32IN7O2. The minimum absolute atomic E-state index is 0. The molecule has 3 rings (SSSR count). The van der Waals surface area contributed by atoms with Gasteiger partial charge in [-0.25, -0.2) is 9.79 Å². The molecule has 0 aromatic carbocycles. The fourth-order valence-electron chi connectivity index (χ4n) is 2.91. The van der Waals surface area contributed by atoms with E-state index in [4.69, 9.17) is 4.74 Å². The number of aliphatic imine (C=N–C) groups is 1. The summed E-state index contributed by atoms with van der Waals surface area (Å²) in [6, 6.07) is 6.07. The molecule has 0 radical (unpaired) electrons. The van der Waals surface area contributed by atoms with Crippen LogP contribution < -0.4 is 10.6 Å². The summed E-state index contributed by atoms with van der Waals surface area (Å²) < 4.78 is 7.46. The average Bonchev–Trinajstić information content (AvgIpc) is 3.41. The number of hydrogen-bond acceptors (Lipinski definition) is 5. The van der Waals surface area contributed by atoms with E-state index in [2.05, 4.69) is 25.8 Å². The maximum Gasteiger partial charge on any atom is 0.410 e. The molecule has 9 nitrogen and oxygen atoms in total. The number of pyridine rings is 1. The molecule has 30 heavy (non-hydrogen) atoms. The van der Waals surface area contributed by atoms with Gasteiger partial charge in [-0.2, -0.15) is 0 Å². The van der Waals surface area contributed by atoms with Crippen molar-refractivity contribution in [1.82, 2.24) is 30.1 Å². The zero-order chi connectivity index (χ0) is 20.9. The Labute approximate surface area is 194 Å². The second kappa shape index (κ2) is 10.8. The second-order valence-electron chi connectivity index (χ2n) is 8.07. The van der Waals surface area contributed by atoms with E-state index >= 15 is 0 Å². The number of rotatable bonds is 7. The highest BCUT2D eigenvalue weighted by Gasteiger charge is 2.34. The topological polar surface area (TPSA) is 96.1 Å². The quantitative estimate of drug-likeness (QED) is 0.326. The smallest absolute Gasteiger partial charge is 0.410 e. The predicted molar refractivity (Wildman–Crippen MR) is 127 cm³/mol. The number of fused-ring (bicyclic) bond motifs is 1. The van der Waals surface area contributed by atoms with Gasteiger partial charge in [0.2, 0.25) is 0 Å². The van der Waals surface area contributed by atoms with Gasteiger partial charge in [-0.3, -0.25) is 4.40 Å². The summed E-state index contributed by atoms with van der Waals surface area (Å²) in [5.74, 6) is 1.45. The summed E-state index contributed by atoms with van der Waals surface area (Å²) in [7, 11) is 0. The Morgan fingerprint density at radius 1 is 1.30 bits per heavy atom. The lowest BCUT2D eigenvalue weighted by Crippen LogP contribution is -2.45. The summed E-state index contributed by atoms with van der Waals surface area (Å²) in [6.07, 6.45) is 3.74. The van der Waals surface area contributed by atoms with Gasteiger partial charge < -0.3 is 20.3 Å². The number of ether oxygens (including phenoxy) is 1. The van der Waals surface area contributed by atoms with Crippen LogP contribution in [-0.4, -0.2) is 62.8 Å². The van der Waals surface area contributed by atoms with Gasteiger partial charge >= 0.3 is 6.09 Å². The van der Waals surface area contributed by atoms with E-state index < -0.39 is 5.60 Å². The van der Waals surface area contributed by atoms with Crippen molar-refractivity contribution in [3.63, 3.8) is 0 Å². The van der Waals surface area contributed by atoms with Crippen LogP contribution in [0.15, 0.2) is 29.4 Å².